The number of nitrogens with zero attached hydrogens (tertiary/aromatic N) is 4. The summed E-state index contributed by atoms with van der Waals surface area (Å²) in [7, 11) is 0. The van der Waals surface area contributed by atoms with E-state index in [4.69, 9.17) is 9.72 Å². The predicted octanol–water partition coefficient (Wildman–Crippen LogP) is 2.32. The number of aryl methyl sites for hydroxylation is 1. The number of piperidine rings is 1. The largest absolute Gasteiger partial charge is 0.376 e. The molecule has 0 unspecified atom stereocenters. The Labute approximate surface area is 177 Å². The van der Waals surface area contributed by atoms with Crippen LogP contribution in [0.4, 0.5) is 0 Å². The number of aromatic nitrogens is 4. The van der Waals surface area contributed by atoms with E-state index < -0.39 is 0 Å². The average Bonchev–Trinajstić information content (AvgIpc) is 3.42. The third kappa shape index (κ3) is 5.05. The van der Waals surface area contributed by atoms with Crippen LogP contribution in [0, 0.1) is 18.8 Å². The van der Waals surface area contributed by atoms with Crippen molar-refractivity contribution in [3.8, 4) is 11.5 Å². The first-order valence-electron chi connectivity index (χ1n) is 11.1. The molecule has 0 aromatic carbocycles. The van der Waals surface area contributed by atoms with Gasteiger partial charge in [0.2, 0.25) is 5.91 Å². The minimum absolute atomic E-state index is 0.0192. The number of hydrogen-bond acceptors (Lipinski definition) is 6. The number of H-pyrrole nitrogens is 1. The highest BCUT2D eigenvalue weighted by Crippen LogP contribution is 2.27. The molecule has 2 saturated heterocycles. The van der Waals surface area contributed by atoms with E-state index in [0.29, 0.717) is 12.5 Å². The highest BCUT2D eigenvalue weighted by Gasteiger charge is 2.32. The molecule has 2 aromatic heterocycles. The normalized spacial score (nSPS) is 24.8. The van der Waals surface area contributed by atoms with Crippen molar-refractivity contribution >= 4 is 5.91 Å². The van der Waals surface area contributed by atoms with Gasteiger partial charge >= 0.3 is 0 Å². The van der Waals surface area contributed by atoms with Crippen LogP contribution in [0.5, 0.6) is 0 Å². The molecular formula is C22H32N6O2. The van der Waals surface area contributed by atoms with Crippen LogP contribution < -0.4 is 5.32 Å². The van der Waals surface area contributed by atoms with Crippen LogP contribution in [0.25, 0.3) is 11.5 Å². The summed E-state index contributed by atoms with van der Waals surface area (Å²) in [6, 6.07) is 1.85. The monoisotopic (exact) mass is 412 g/mol. The fourth-order valence-electron chi connectivity index (χ4n) is 4.50. The van der Waals surface area contributed by atoms with Gasteiger partial charge in [0.25, 0.3) is 0 Å². The maximum absolute atomic E-state index is 12.8. The van der Waals surface area contributed by atoms with Gasteiger partial charge in [0.05, 0.1) is 17.7 Å². The molecule has 2 aliphatic rings. The first kappa shape index (κ1) is 20.9. The molecule has 0 saturated carbocycles. The van der Waals surface area contributed by atoms with Crippen LogP contribution in [0.1, 0.15) is 44.0 Å². The molecule has 8 heteroatoms. The summed E-state index contributed by atoms with van der Waals surface area (Å²) in [6.07, 6.45) is 7.60. The van der Waals surface area contributed by atoms with Crippen LogP contribution in [-0.4, -0.2) is 63.1 Å². The molecule has 0 bridgehead atoms. The standard InChI is InChI=1S/C22H32N6O2/c1-3-16-9-17(22(29)24-10-18-5-4-8-30-18)12-28(11-16)13-20-15(2)26-21(27-20)19-6-7-23-14-25-19/h6-7,14,16-18H,3-5,8-13H2,1-2H3,(H,24,29)(H,26,27)/t16-,17-,18-/m1/s1. The van der Waals surface area contributed by atoms with Gasteiger partial charge in [-0.15, -0.1) is 0 Å². The number of amides is 1. The first-order valence-corrected chi connectivity index (χ1v) is 11.1. The molecule has 8 nitrogen and oxygen atoms in total. The van der Waals surface area contributed by atoms with E-state index in [1.165, 1.54) is 6.33 Å². The number of carbonyl (C=O) groups is 1. The van der Waals surface area contributed by atoms with E-state index in [9.17, 15) is 4.79 Å². The number of nitrogens with one attached hydrogen (secondary N) is 2. The van der Waals surface area contributed by atoms with Crippen molar-refractivity contribution in [3.05, 3.63) is 30.0 Å². The Bertz CT molecular complexity index is 833. The van der Waals surface area contributed by atoms with Crippen LogP contribution in [0.3, 0.4) is 0 Å². The van der Waals surface area contributed by atoms with E-state index in [1.54, 1.807) is 6.20 Å². The fourth-order valence-corrected chi connectivity index (χ4v) is 4.50. The van der Waals surface area contributed by atoms with Crippen LogP contribution in [-0.2, 0) is 16.1 Å². The molecule has 0 radical (unpaired) electrons. The molecule has 3 atom stereocenters. The van der Waals surface area contributed by atoms with Gasteiger partial charge in [0.1, 0.15) is 12.0 Å². The summed E-state index contributed by atoms with van der Waals surface area (Å²) >= 11 is 0. The Morgan fingerprint density at radius 3 is 3.03 bits per heavy atom. The smallest absolute Gasteiger partial charge is 0.224 e. The van der Waals surface area contributed by atoms with Crippen molar-refractivity contribution in [1.82, 2.24) is 30.2 Å². The maximum atomic E-state index is 12.8. The number of hydrogen-bond donors (Lipinski definition) is 2. The Balaban J connectivity index is 1.39. The summed E-state index contributed by atoms with van der Waals surface area (Å²) in [5.74, 6) is 1.47. The average molecular weight is 413 g/mol. The van der Waals surface area contributed by atoms with Crippen LogP contribution in [0.15, 0.2) is 18.6 Å². The Morgan fingerprint density at radius 2 is 2.30 bits per heavy atom. The number of imidazole rings is 1. The molecule has 2 aromatic rings. The topological polar surface area (TPSA) is 96.0 Å². The van der Waals surface area contributed by atoms with Gasteiger partial charge < -0.3 is 15.0 Å². The second-order valence-electron chi connectivity index (χ2n) is 8.53. The van der Waals surface area contributed by atoms with Crippen molar-refractivity contribution < 1.29 is 9.53 Å². The highest BCUT2D eigenvalue weighted by molar-refractivity contribution is 5.79. The number of likely N-dealkylation sites (tertiary alicyclic amines) is 1. The van der Waals surface area contributed by atoms with Crippen molar-refractivity contribution in [3.63, 3.8) is 0 Å². The minimum Gasteiger partial charge on any atom is -0.376 e. The molecule has 0 spiro atoms. The zero-order chi connectivity index (χ0) is 20.9. The van der Waals surface area contributed by atoms with E-state index >= 15 is 0 Å². The van der Waals surface area contributed by atoms with Crippen molar-refractivity contribution in [2.24, 2.45) is 11.8 Å². The van der Waals surface area contributed by atoms with Gasteiger partial charge in [-0.1, -0.05) is 13.3 Å². The molecule has 2 N–H and O–H groups in total. The van der Waals surface area contributed by atoms with Gasteiger partial charge in [0, 0.05) is 44.7 Å². The first-order chi connectivity index (χ1) is 14.6. The molecular weight excluding hydrogens is 380 g/mol. The molecule has 2 aliphatic heterocycles. The SMILES string of the molecule is CC[C@@H]1C[C@@H](C(=O)NC[C@H]2CCCO2)CN(Cc2nc(-c3ccncn3)[nH]c2C)C1. The van der Waals surface area contributed by atoms with Gasteiger partial charge in [0.15, 0.2) is 5.82 Å². The fraction of sp³-hybridized carbons (Fsp3) is 0.636. The zero-order valence-corrected chi connectivity index (χ0v) is 17.9. The lowest BCUT2D eigenvalue weighted by atomic mass is 9.87. The Morgan fingerprint density at radius 1 is 1.40 bits per heavy atom. The quantitative estimate of drug-likeness (QED) is 0.725. The van der Waals surface area contributed by atoms with E-state index in [2.05, 4.69) is 32.1 Å². The second-order valence-corrected chi connectivity index (χ2v) is 8.53. The van der Waals surface area contributed by atoms with E-state index in [1.807, 2.05) is 13.0 Å². The third-order valence-electron chi connectivity index (χ3n) is 6.27. The number of rotatable bonds is 7. The summed E-state index contributed by atoms with van der Waals surface area (Å²) in [5, 5.41) is 3.13. The van der Waals surface area contributed by atoms with Crippen molar-refractivity contribution in [1.29, 1.82) is 0 Å². The summed E-state index contributed by atoms with van der Waals surface area (Å²) < 4.78 is 5.64. The summed E-state index contributed by atoms with van der Waals surface area (Å²) in [6.45, 7) is 8.20. The third-order valence-corrected chi connectivity index (χ3v) is 6.27. The second kappa shape index (κ2) is 9.66. The molecule has 4 heterocycles. The van der Waals surface area contributed by atoms with Crippen molar-refractivity contribution in [2.45, 2.75) is 52.2 Å². The lowest BCUT2D eigenvalue weighted by Crippen LogP contribution is -2.47. The minimum atomic E-state index is 0.0192. The summed E-state index contributed by atoms with van der Waals surface area (Å²) in [4.78, 5) is 31.6. The number of carbonyl (C=O) groups excluding carboxylic acids is 1. The van der Waals surface area contributed by atoms with E-state index in [-0.39, 0.29) is 17.9 Å². The lowest BCUT2D eigenvalue weighted by molar-refractivity contribution is -0.128. The van der Waals surface area contributed by atoms with Crippen LogP contribution in [0.2, 0.25) is 0 Å². The Kier molecular flexibility index (Phi) is 6.74. The predicted molar refractivity (Wildman–Crippen MR) is 113 cm³/mol. The van der Waals surface area contributed by atoms with Gasteiger partial charge in [-0.3, -0.25) is 9.69 Å². The van der Waals surface area contributed by atoms with Gasteiger partial charge in [-0.2, -0.15) is 0 Å². The molecule has 2 fully saturated rings. The highest BCUT2D eigenvalue weighted by atomic mass is 16.5. The zero-order valence-electron chi connectivity index (χ0n) is 17.9. The van der Waals surface area contributed by atoms with Crippen LogP contribution >= 0.6 is 0 Å². The molecule has 4 rings (SSSR count). The molecule has 0 aliphatic carbocycles. The van der Waals surface area contributed by atoms with Gasteiger partial charge in [-0.05, 0) is 38.2 Å². The molecule has 1 amide bonds. The van der Waals surface area contributed by atoms with E-state index in [0.717, 1.165) is 74.8 Å². The molecule has 162 valence electrons. The maximum Gasteiger partial charge on any atom is 0.224 e. The number of ether oxygens (including phenoxy) is 1. The Hall–Kier alpha value is -2.32. The lowest BCUT2D eigenvalue weighted by Gasteiger charge is -2.36. The van der Waals surface area contributed by atoms with Gasteiger partial charge in [-0.25, -0.2) is 15.0 Å². The number of aromatic amines is 1. The molecule has 30 heavy (non-hydrogen) atoms. The summed E-state index contributed by atoms with van der Waals surface area (Å²) in [5.41, 5.74) is 2.84. The van der Waals surface area contributed by atoms with Crippen molar-refractivity contribution in [2.75, 3.05) is 26.2 Å².